The second kappa shape index (κ2) is 4.68. The SMILES string of the molecule is CCC(C#N)N[C@H](C)c1ccco1. The molecule has 0 spiro atoms. The van der Waals surface area contributed by atoms with Crippen LogP contribution in [-0.2, 0) is 0 Å². The molecule has 3 heteroatoms. The lowest BCUT2D eigenvalue weighted by Gasteiger charge is -2.14. The number of rotatable bonds is 4. The Labute approximate surface area is 78.4 Å². The molecular weight excluding hydrogens is 164 g/mol. The molecule has 1 heterocycles. The second-order valence-electron chi connectivity index (χ2n) is 2.99. The van der Waals surface area contributed by atoms with Crippen LogP contribution in [0.5, 0.6) is 0 Å². The van der Waals surface area contributed by atoms with Crippen LogP contribution >= 0.6 is 0 Å². The van der Waals surface area contributed by atoms with Crippen LogP contribution in [0.25, 0.3) is 0 Å². The first-order valence-corrected chi connectivity index (χ1v) is 4.47. The molecule has 0 saturated carbocycles. The van der Waals surface area contributed by atoms with E-state index in [1.165, 1.54) is 0 Å². The molecule has 1 aromatic rings. The van der Waals surface area contributed by atoms with Crippen molar-refractivity contribution in [3.05, 3.63) is 24.2 Å². The zero-order chi connectivity index (χ0) is 9.68. The topological polar surface area (TPSA) is 49.0 Å². The summed E-state index contributed by atoms with van der Waals surface area (Å²) >= 11 is 0. The van der Waals surface area contributed by atoms with E-state index >= 15 is 0 Å². The summed E-state index contributed by atoms with van der Waals surface area (Å²) in [6.45, 7) is 3.97. The fourth-order valence-corrected chi connectivity index (χ4v) is 1.17. The van der Waals surface area contributed by atoms with Gasteiger partial charge in [-0.05, 0) is 25.5 Å². The van der Waals surface area contributed by atoms with Gasteiger partial charge in [0.05, 0.1) is 24.4 Å². The van der Waals surface area contributed by atoms with Crippen LogP contribution in [-0.4, -0.2) is 6.04 Å². The fraction of sp³-hybridized carbons (Fsp3) is 0.500. The minimum Gasteiger partial charge on any atom is -0.468 e. The fourth-order valence-electron chi connectivity index (χ4n) is 1.17. The lowest BCUT2D eigenvalue weighted by Crippen LogP contribution is -2.29. The van der Waals surface area contributed by atoms with Crippen molar-refractivity contribution in [3.8, 4) is 6.07 Å². The maximum atomic E-state index is 8.73. The zero-order valence-corrected chi connectivity index (χ0v) is 7.95. The van der Waals surface area contributed by atoms with Crippen LogP contribution in [0.4, 0.5) is 0 Å². The highest BCUT2D eigenvalue weighted by atomic mass is 16.3. The smallest absolute Gasteiger partial charge is 0.120 e. The molecule has 0 aliphatic rings. The standard InChI is InChI=1S/C10H14N2O/c1-3-9(7-11)12-8(2)10-5-4-6-13-10/h4-6,8-9,12H,3H2,1-2H3/t8-,9?/m1/s1. The molecule has 1 rings (SSSR count). The maximum Gasteiger partial charge on any atom is 0.120 e. The van der Waals surface area contributed by atoms with Crippen LogP contribution in [0.3, 0.4) is 0 Å². The first-order valence-electron chi connectivity index (χ1n) is 4.47. The summed E-state index contributed by atoms with van der Waals surface area (Å²) in [7, 11) is 0. The van der Waals surface area contributed by atoms with Crippen molar-refractivity contribution < 1.29 is 4.42 Å². The Morgan fingerprint density at radius 3 is 2.92 bits per heavy atom. The highest BCUT2D eigenvalue weighted by Gasteiger charge is 2.12. The van der Waals surface area contributed by atoms with Crippen molar-refractivity contribution in [1.82, 2.24) is 5.32 Å². The maximum absolute atomic E-state index is 8.73. The second-order valence-corrected chi connectivity index (χ2v) is 2.99. The van der Waals surface area contributed by atoms with Gasteiger partial charge in [-0.25, -0.2) is 0 Å². The van der Waals surface area contributed by atoms with E-state index in [0.29, 0.717) is 0 Å². The first kappa shape index (κ1) is 9.82. The van der Waals surface area contributed by atoms with Crippen LogP contribution in [0, 0.1) is 11.3 Å². The lowest BCUT2D eigenvalue weighted by atomic mass is 10.2. The van der Waals surface area contributed by atoms with Gasteiger partial charge in [-0.15, -0.1) is 0 Å². The first-order chi connectivity index (χ1) is 6.27. The molecule has 0 bridgehead atoms. The number of nitriles is 1. The molecule has 2 atom stereocenters. The third-order valence-corrected chi connectivity index (χ3v) is 1.99. The van der Waals surface area contributed by atoms with E-state index in [4.69, 9.17) is 9.68 Å². The van der Waals surface area contributed by atoms with Crippen LogP contribution in [0.1, 0.15) is 32.1 Å². The van der Waals surface area contributed by atoms with Gasteiger partial charge in [0, 0.05) is 0 Å². The van der Waals surface area contributed by atoms with Gasteiger partial charge >= 0.3 is 0 Å². The van der Waals surface area contributed by atoms with Crippen molar-refractivity contribution in [3.63, 3.8) is 0 Å². The van der Waals surface area contributed by atoms with Crippen molar-refractivity contribution >= 4 is 0 Å². The lowest BCUT2D eigenvalue weighted by molar-refractivity contribution is 0.410. The van der Waals surface area contributed by atoms with Gasteiger partial charge in [-0.3, -0.25) is 5.32 Å². The monoisotopic (exact) mass is 178 g/mol. The third-order valence-electron chi connectivity index (χ3n) is 1.99. The van der Waals surface area contributed by atoms with E-state index in [1.54, 1.807) is 6.26 Å². The van der Waals surface area contributed by atoms with Gasteiger partial charge in [-0.1, -0.05) is 6.92 Å². The van der Waals surface area contributed by atoms with Crippen molar-refractivity contribution in [2.75, 3.05) is 0 Å². The Bertz CT molecular complexity index is 274. The Morgan fingerprint density at radius 1 is 1.69 bits per heavy atom. The molecule has 0 aliphatic carbocycles. The quantitative estimate of drug-likeness (QED) is 0.769. The molecule has 1 unspecified atom stereocenters. The summed E-state index contributed by atoms with van der Waals surface area (Å²) < 4.78 is 5.21. The van der Waals surface area contributed by atoms with Crippen LogP contribution < -0.4 is 5.32 Å². The Hall–Kier alpha value is -1.27. The highest BCUT2D eigenvalue weighted by molar-refractivity contribution is 5.05. The van der Waals surface area contributed by atoms with Crippen molar-refractivity contribution in [2.24, 2.45) is 0 Å². The summed E-state index contributed by atoms with van der Waals surface area (Å²) in [5, 5.41) is 11.9. The predicted molar refractivity (Wildman–Crippen MR) is 50.0 cm³/mol. The van der Waals surface area contributed by atoms with Crippen LogP contribution in [0.2, 0.25) is 0 Å². The largest absolute Gasteiger partial charge is 0.468 e. The molecule has 0 saturated heterocycles. The van der Waals surface area contributed by atoms with Gasteiger partial charge in [0.15, 0.2) is 0 Å². The molecule has 3 nitrogen and oxygen atoms in total. The van der Waals surface area contributed by atoms with Gasteiger partial charge in [0.2, 0.25) is 0 Å². The van der Waals surface area contributed by atoms with Crippen molar-refractivity contribution in [1.29, 1.82) is 5.26 Å². The molecule has 0 amide bonds. The van der Waals surface area contributed by atoms with Gasteiger partial charge in [-0.2, -0.15) is 5.26 Å². The van der Waals surface area contributed by atoms with E-state index in [2.05, 4.69) is 11.4 Å². The number of nitrogens with one attached hydrogen (secondary N) is 1. The van der Waals surface area contributed by atoms with E-state index < -0.39 is 0 Å². The zero-order valence-electron chi connectivity index (χ0n) is 7.95. The Kier molecular flexibility index (Phi) is 3.53. The number of furan rings is 1. The number of hydrogen-bond donors (Lipinski definition) is 1. The molecular formula is C10H14N2O. The summed E-state index contributed by atoms with van der Waals surface area (Å²) in [5.74, 6) is 0.869. The molecule has 0 radical (unpaired) electrons. The molecule has 13 heavy (non-hydrogen) atoms. The van der Waals surface area contributed by atoms with E-state index in [0.717, 1.165) is 12.2 Å². The molecule has 0 fully saturated rings. The number of hydrogen-bond acceptors (Lipinski definition) is 3. The molecule has 1 aromatic heterocycles. The molecule has 0 aromatic carbocycles. The third kappa shape index (κ3) is 2.60. The summed E-state index contributed by atoms with van der Waals surface area (Å²) in [4.78, 5) is 0. The molecule has 70 valence electrons. The van der Waals surface area contributed by atoms with Gasteiger partial charge < -0.3 is 4.42 Å². The number of nitrogens with zero attached hydrogens (tertiary/aromatic N) is 1. The predicted octanol–water partition coefficient (Wildman–Crippen LogP) is 2.23. The van der Waals surface area contributed by atoms with Crippen molar-refractivity contribution in [2.45, 2.75) is 32.4 Å². The molecule has 0 aliphatic heterocycles. The summed E-state index contributed by atoms with van der Waals surface area (Å²) in [6, 6.07) is 5.94. The van der Waals surface area contributed by atoms with Crippen LogP contribution in [0.15, 0.2) is 22.8 Å². The van der Waals surface area contributed by atoms with Gasteiger partial charge in [0.25, 0.3) is 0 Å². The van der Waals surface area contributed by atoms with E-state index in [1.807, 2.05) is 26.0 Å². The summed E-state index contributed by atoms with van der Waals surface area (Å²) in [6.07, 6.45) is 2.45. The minimum atomic E-state index is -0.0971. The van der Waals surface area contributed by atoms with E-state index in [-0.39, 0.29) is 12.1 Å². The molecule has 1 N–H and O–H groups in total. The van der Waals surface area contributed by atoms with E-state index in [9.17, 15) is 0 Å². The summed E-state index contributed by atoms with van der Waals surface area (Å²) in [5.41, 5.74) is 0. The highest BCUT2D eigenvalue weighted by Crippen LogP contribution is 2.13. The Balaban J connectivity index is 2.51. The Morgan fingerprint density at radius 2 is 2.46 bits per heavy atom. The minimum absolute atomic E-state index is 0.0969. The van der Waals surface area contributed by atoms with Gasteiger partial charge in [0.1, 0.15) is 5.76 Å². The average Bonchev–Trinajstić information content (AvgIpc) is 2.66. The normalized spacial score (nSPS) is 14.8. The average molecular weight is 178 g/mol.